The second kappa shape index (κ2) is 4.94. The zero-order valence-corrected chi connectivity index (χ0v) is 11.1. The number of carboxylic acid groups (broad SMARTS) is 1. The SMILES string of the molecule is O=C(O)c1ccc(Cl)c(-c2cnc3ccccc3c2)c1. The summed E-state index contributed by atoms with van der Waals surface area (Å²) >= 11 is 6.17. The number of nitrogens with zero attached hydrogens (tertiary/aromatic N) is 1. The first-order valence-electron chi connectivity index (χ1n) is 6.03. The number of para-hydroxylation sites is 1. The van der Waals surface area contributed by atoms with Gasteiger partial charge in [-0.3, -0.25) is 4.98 Å². The van der Waals surface area contributed by atoms with Gasteiger partial charge in [0, 0.05) is 27.7 Å². The summed E-state index contributed by atoms with van der Waals surface area (Å²) in [6, 6.07) is 14.3. The Morgan fingerprint density at radius 3 is 2.70 bits per heavy atom. The standard InChI is InChI=1S/C16H10ClNO2/c17-14-6-5-11(16(19)20)8-13(14)12-7-10-3-1-2-4-15(10)18-9-12/h1-9H,(H,19,20). The van der Waals surface area contributed by atoms with Gasteiger partial charge in [0.1, 0.15) is 0 Å². The van der Waals surface area contributed by atoms with Crippen molar-refractivity contribution in [2.75, 3.05) is 0 Å². The molecule has 1 heterocycles. The third-order valence-electron chi connectivity index (χ3n) is 3.11. The Labute approximate surface area is 120 Å². The van der Waals surface area contributed by atoms with E-state index in [-0.39, 0.29) is 5.56 Å². The van der Waals surface area contributed by atoms with E-state index in [1.807, 2.05) is 30.3 Å². The Bertz CT molecular complexity index is 814. The van der Waals surface area contributed by atoms with E-state index >= 15 is 0 Å². The molecule has 0 atom stereocenters. The van der Waals surface area contributed by atoms with Crippen LogP contribution in [0.1, 0.15) is 10.4 Å². The number of aromatic carboxylic acids is 1. The number of halogens is 1. The predicted molar refractivity (Wildman–Crippen MR) is 79.1 cm³/mol. The average molecular weight is 284 g/mol. The van der Waals surface area contributed by atoms with Gasteiger partial charge in [0.15, 0.2) is 0 Å². The summed E-state index contributed by atoms with van der Waals surface area (Å²) in [4.78, 5) is 15.4. The normalized spacial score (nSPS) is 10.7. The van der Waals surface area contributed by atoms with Gasteiger partial charge < -0.3 is 5.11 Å². The van der Waals surface area contributed by atoms with Crippen LogP contribution >= 0.6 is 11.6 Å². The Morgan fingerprint density at radius 1 is 1.10 bits per heavy atom. The van der Waals surface area contributed by atoms with Crippen molar-refractivity contribution in [3.63, 3.8) is 0 Å². The summed E-state index contributed by atoms with van der Waals surface area (Å²) < 4.78 is 0. The largest absolute Gasteiger partial charge is 0.478 e. The molecule has 1 aromatic heterocycles. The molecule has 0 saturated heterocycles. The van der Waals surface area contributed by atoms with E-state index in [1.165, 1.54) is 6.07 Å². The van der Waals surface area contributed by atoms with Crippen LogP contribution in [0.15, 0.2) is 54.7 Å². The lowest BCUT2D eigenvalue weighted by atomic mass is 10.0. The maximum absolute atomic E-state index is 11.0. The van der Waals surface area contributed by atoms with Crippen molar-refractivity contribution < 1.29 is 9.90 Å². The second-order valence-electron chi connectivity index (χ2n) is 4.42. The molecule has 3 rings (SSSR count). The van der Waals surface area contributed by atoms with Gasteiger partial charge >= 0.3 is 5.97 Å². The molecule has 0 radical (unpaired) electrons. The minimum Gasteiger partial charge on any atom is -0.478 e. The van der Waals surface area contributed by atoms with Crippen LogP contribution in [0, 0.1) is 0 Å². The van der Waals surface area contributed by atoms with Crippen molar-refractivity contribution in [3.05, 3.63) is 65.3 Å². The summed E-state index contributed by atoms with van der Waals surface area (Å²) in [5, 5.41) is 10.6. The van der Waals surface area contributed by atoms with Crippen LogP contribution in [0.2, 0.25) is 5.02 Å². The van der Waals surface area contributed by atoms with Gasteiger partial charge in [0.25, 0.3) is 0 Å². The minimum atomic E-state index is -0.975. The first kappa shape index (κ1) is 12.6. The van der Waals surface area contributed by atoms with Gasteiger partial charge in [-0.05, 0) is 30.3 Å². The van der Waals surface area contributed by atoms with Crippen molar-refractivity contribution >= 4 is 28.5 Å². The molecule has 3 aromatic rings. The molecule has 0 aliphatic heterocycles. The van der Waals surface area contributed by atoms with E-state index in [9.17, 15) is 4.79 Å². The van der Waals surface area contributed by atoms with E-state index < -0.39 is 5.97 Å². The van der Waals surface area contributed by atoms with Crippen LogP contribution in [0.5, 0.6) is 0 Å². The lowest BCUT2D eigenvalue weighted by molar-refractivity contribution is 0.0697. The van der Waals surface area contributed by atoms with Crippen LogP contribution < -0.4 is 0 Å². The molecular weight excluding hydrogens is 274 g/mol. The number of hydrogen-bond acceptors (Lipinski definition) is 2. The predicted octanol–water partition coefficient (Wildman–Crippen LogP) is 4.25. The fraction of sp³-hybridized carbons (Fsp3) is 0. The Kier molecular flexibility index (Phi) is 3.12. The summed E-state index contributed by atoms with van der Waals surface area (Å²) in [6.07, 6.45) is 1.70. The lowest BCUT2D eigenvalue weighted by Crippen LogP contribution is -1.96. The fourth-order valence-corrected chi connectivity index (χ4v) is 2.32. The van der Waals surface area contributed by atoms with Crippen LogP contribution in [-0.4, -0.2) is 16.1 Å². The van der Waals surface area contributed by atoms with E-state index in [0.29, 0.717) is 10.6 Å². The topological polar surface area (TPSA) is 50.2 Å². The zero-order valence-electron chi connectivity index (χ0n) is 10.4. The molecule has 0 spiro atoms. The summed E-state index contributed by atoms with van der Waals surface area (Å²) in [5.41, 5.74) is 2.57. The minimum absolute atomic E-state index is 0.206. The fourth-order valence-electron chi connectivity index (χ4n) is 2.10. The molecule has 2 aromatic carbocycles. The van der Waals surface area contributed by atoms with Crippen molar-refractivity contribution in [1.29, 1.82) is 0 Å². The molecule has 0 unspecified atom stereocenters. The molecule has 98 valence electrons. The highest BCUT2D eigenvalue weighted by Crippen LogP contribution is 2.30. The summed E-state index contributed by atoms with van der Waals surface area (Å²) in [5.74, 6) is -0.975. The molecular formula is C16H10ClNO2. The maximum Gasteiger partial charge on any atom is 0.335 e. The van der Waals surface area contributed by atoms with Gasteiger partial charge in [0.2, 0.25) is 0 Å². The second-order valence-corrected chi connectivity index (χ2v) is 4.82. The summed E-state index contributed by atoms with van der Waals surface area (Å²) in [6.45, 7) is 0. The molecule has 20 heavy (non-hydrogen) atoms. The van der Waals surface area contributed by atoms with Crippen LogP contribution in [-0.2, 0) is 0 Å². The van der Waals surface area contributed by atoms with Crippen molar-refractivity contribution in [1.82, 2.24) is 4.98 Å². The van der Waals surface area contributed by atoms with E-state index in [1.54, 1.807) is 18.3 Å². The zero-order chi connectivity index (χ0) is 14.1. The number of fused-ring (bicyclic) bond motifs is 1. The van der Waals surface area contributed by atoms with Crippen molar-refractivity contribution in [3.8, 4) is 11.1 Å². The van der Waals surface area contributed by atoms with Gasteiger partial charge in [0.05, 0.1) is 11.1 Å². The average Bonchev–Trinajstić information content (AvgIpc) is 2.47. The van der Waals surface area contributed by atoms with Crippen LogP contribution in [0.4, 0.5) is 0 Å². The highest BCUT2D eigenvalue weighted by Gasteiger charge is 2.10. The van der Waals surface area contributed by atoms with Gasteiger partial charge in [-0.25, -0.2) is 4.79 Å². The Morgan fingerprint density at radius 2 is 1.90 bits per heavy atom. The van der Waals surface area contributed by atoms with Crippen LogP contribution in [0.25, 0.3) is 22.0 Å². The maximum atomic E-state index is 11.0. The highest BCUT2D eigenvalue weighted by atomic mass is 35.5. The first-order valence-corrected chi connectivity index (χ1v) is 6.41. The third-order valence-corrected chi connectivity index (χ3v) is 3.44. The van der Waals surface area contributed by atoms with Crippen molar-refractivity contribution in [2.45, 2.75) is 0 Å². The smallest absolute Gasteiger partial charge is 0.335 e. The molecule has 0 aliphatic rings. The number of rotatable bonds is 2. The van der Waals surface area contributed by atoms with E-state index in [0.717, 1.165) is 16.5 Å². The molecule has 4 heteroatoms. The molecule has 0 saturated carbocycles. The number of pyridine rings is 1. The monoisotopic (exact) mass is 283 g/mol. The Balaban J connectivity index is 2.19. The number of aromatic nitrogens is 1. The molecule has 0 bridgehead atoms. The number of carbonyl (C=O) groups is 1. The van der Waals surface area contributed by atoms with E-state index in [4.69, 9.17) is 16.7 Å². The van der Waals surface area contributed by atoms with Crippen molar-refractivity contribution in [2.24, 2.45) is 0 Å². The highest BCUT2D eigenvalue weighted by molar-refractivity contribution is 6.33. The third kappa shape index (κ3) is 2.24. The Hall–Kier alpha value is -2.39. The summed E-state index contributed by atoms with van der Waals surface area (Å²) in [7, 11) is 0. The molecule has 0 aliphatic carbocycles. The van der Waals surface area contributed by atoms with Gasteiger partial charge in [-0.15, -0.1) is 0 Å². The molecule has 1 N–H and O–H groups in total. The van der Waals surface area contributed by atoms with Crippen LogP contribution in [0.3, 0.4) is 0 Å². The number of hydrogen-bond donors (Lipinski definition) is 1. The molecule has 3 nitrogen and oxygen atoms in total. The lowest BCUT2D eigenvalue weighted by Gasteiger charge is -2.07. The van der Waals surface area contributed by atoms with E-state index in [2.05, 4.69) is 4.98 Å². The van der Waals surface area contributed by atoms with Gasteiger partial charge in [-0.1, -0.05) is 29.8 Å². The quantitative estimate of drug-likeness (QED) is 0.765. The molecule has 0 amide bonds. The molecule has 0 fully saturated rings. The van der Waals surface area contributed by atoms with Gasteiger partial charge in [-0.2, -0.15) is 0 Å². The number of benzene rings is 2. The number of carboxylic acids is 1. The first-order chi connectivity index (χ1) is 9.65.